The molecule has 2 heterocycles. The SMILES string of the molecule is CCCOc1ccc(CNC(=NC)N2CCC(COCc3ccccc3)C2)cn1. The highest BCUT2D eigenvalue weighted by molar-refractivity contribution is 5.80. The molecule has 1 aromatic heterocycles. The molecule has 2 aromatic rings. The zero-order valence-electron chi connectivity index (χ0n) is 17.5. The Bertz CT molecular complexity index is 749. The highest BCUT2D eigenvalue weighted by atomic mass is 16.5. The third kappa shape index (κ3) is 6.75. The Hall–Kier alpha value is -2.60. The van der Waals surface area contributed by atoms with Crippen molar-refractivity contribution in [2.75, 3.05) is 33.4 Å². The number of aliphatic imine (C=N–C) groups is 1. The number of pyridine rings is 1. The van der Waals surface area contributed by atoms with Crippen LogP contribution >= 0.6 is 0 Å². The summed E-state index contributed by atoms with van der Waals surface area (Å²) in [5.41, 5.74) is 2.33. The molecule has 0 bridgehead atoms. The van der Waals surface area contributed by atoms with Crippen molar-refractivity contribution in [1.29, 1.82) is 0 Å². The fraction of sp³-hybridized carbons (Fsp3) is 0.478. The van der Waals surface area contributed by atoms with Crippen LogP contribution in [0.25, 0.3) is 0 Å². The molecule has 6 heteroatoms. The van der Waals surface area contributed by atoms with Crippen LogP contribution in [0.3, 0.4) is 0 Å². The van der Waals surface area contributed by atoms with Gasteiger partial charge in [0.05, 0.1) is 19.8 Å². The van der Waals surface area contributed by atoms with Gasteiger partial charge in [-0.3, -0.25) is 4.99 Å². The summed E-state index contributed by atoms with van der Waals surface area (Å²) in [6.07, 6.45) is 3.96. The molecule has 0 amide bonds. The summed E-state index contributed by atoms with van der Waals surface area (Å²) in [7, 11) is 1.83. The highest BCUT2D eigenvalue weighted by Gasteiger charge is 2.24. The first-order chi connectivity index (χ1) is 14.3. The van der Waals surface area contributed by atoms with Gasteiger partial charge in [-0.1, -0.05) is 43.3 Å². The van der Waals surface area contributed by atoms with Gasteiger partial charge in [0.15, 0.2) is 5.96 Å². The quantitative estimate of drug-likeness (QED) is 0.519. The highest BCUT2D eigenvalue weighted by Crippen LogP contribution is 2.17. The molecule has 156 valence electrons. The first-order valence-electron chi connectivity index (χ1n) is 10.4. The molecule has 1 atom stereocenters. The summed E-state index contributed by atoms with van der Waals surface area (Å²) in [4.78, 5) is 11.1. The fourth-order valence-electron chi connectivity index (χ4n) is 3.40. The van der Waals surface area contributed by atoms with Gasteiger partial charge in [0.25, 0.3) is 0 Å². The average molecular weight is 397 g/mol. The molecule has 29 heavy (non-hydrogen) atoms. The van der Waals surface area contributed by atoms with Gasteiger partial charge in [0.2, 0.25) is 5.88 Å². The molecule has 6 nitrogen and oxygen atoms in total. The van der Waals surface area contributed by atoms with E-state index in [0.29, 0.717) is 31.6 Å². The van der Waals surface area contributed by atoms with Crippen molar-refractivity contribution in [2.24, 2.45) is 10.9 Å². The van der Waals surface area contributed by atoms with E-state index in [4.69, 9.17) is 9.47 Å². The minimum Gasteiger partial charge on any atom is -0.478 e. The normalized spacial score (nSPS) is 16.8. The minimum absolute atomic E-state index is 0.536. The van der Waals surface area contributed by atoms with E-state index in [9.17, 15) is 0 Å². The molecular formula is C23H32N4O2. The van der Waals surface area contributed by atoms with Crippen molar-refractivity contribution < 1.29 is 9.47 Å². The van der Waals surface area contributed by atoms with Gasteiger partial charge in [-0.15, -0.1) is 0 Å². The number of aromatic nitrogens is 1. The molecule has 1 N–H and O–H groups in total. The van der Waals surface area contributed by atoms with Crippen LogP contribution in [0.15, 0.2) is 53.7 Å². The van der Waals surface area contributed by atoms with Crippen molar-refractivity contribution in [2.45, 2.75) is 32.9 Å². The number of nitrogens with zero attached hydrogens (tertiary/aromatic N) is 3. The van der Waals surface area contributed by atoms with Crippen LogP contribution in [-0.4, -0.2) is 49.2 Å². The largest absolute Gasteiger partial charge is 0.478 e. The van der Waals surface area contributed by atoms with Crippen molar-refractivity contribution in [3.05, 3.63) is 59.8 Å². The second kappa shape index (κ2) is 11.4. The van der Waals surface area contributed by atoms with Gasteiger partial charge in [-0.2, -0.15) is 0 Å². The molecule has 1 aliphatic heterocycles. The predicted octanol–water partition coefficient (Wildman–Crippen LogP) is 3.48. The number of guanidine groups is 1. The van der Waals surface area contributed by atoms with Crippen LogP contribution in [0, 0.1) is 5.92 Å². The van der Waals surface area contributed by atoms with Gasteiger partial charge >= 0.3 is 0 Å². The van der Waals surface area contributed by atoms with E-state index in [0.717, 1.165) is 44.1 Å². The van der Waals surface area contributed by atoms with Crippen molar-refractivity contribution in [3.63, 3.8) is 0 Å². The molecule has 0 aliphatic carbocycles. The molecule has 1 aromatic carbocycles. The maximum absolute atomic E-state index is 5.93. The van der Waals surface area contributed by atoms with E-state index in [1.54, 1.807) is 0 Å². The summed E-state index contributed by atoms with van der Waals surface area (Å²) in [6.45, 7) is 6.91. The Kier molecular flexibility index (Phi) is 8.31. The monoisotopic (exact) mass is 396 g/mol. The van der Waals surface area contributed by atoms with Gasteiger partial charge in [0, 0.05) is 44.9 Å². The lowest BCUT2D eigenvalue weighted by Gasteiger charge is -2.21. The smallest absolute Gasteiger partial charge is 0.213 e. The molecule has 1 saturated heterocycles. The topological polar surface area (TPSA) is 59.0 Å². The number of hydrogen-bond donors (Lipinski definition) is 1. The third-order valence-electron chi connectivity index (χ3n) is 4.96. The standard InChI is InChI=1S/C23H32N4O2/c1-3-13-29-22-10-9-20(14-25-22)15-26-23(24-2)27-12-11-21(16-27)18-28-17-19-7-5-4-6-8-19/h4-10,14,21H,3,11-13,15-18H2,1-2H3,(H,24,26). The summed E-state index contributed by atoms with van der Waals surface area (Å²) in [5.74, 6) is 2.15. The Labute approximate surface area is 174 Å². The fourth-order valence-corrected chi connectivity index (χ4v) is 3.40. The molecule has 0 saturated carbocycles. The second-order valence-corrected chi connectivity index (χ2v) is 7.36. The summed E-state index contributed by atoms with van der Waals surface area (Å²) >= 11 is 0. The molecule has 0 spiro atoms. The zero-order valence-corrected chi connectivity index (χ0v) is 17.5. The molecule has 3 rings (SSSR count). The number of ether oxygens (including phenoxy) is 2. The molecular weight excluding hydrogens is 364 g/mol. The number of hydrogen-bond acceptors (Lipinski definition) is 4. The first-order valence-corrected chi connectivity index (χ1v) is 10.4. The summed E-state index contributed by atoms with van der Waals surface area (Å²) in [5, 5.41) is 3.45. The Morgan fingerprint density at radius 2 is 2.07 bits per heavy atom. The van der Waals surface area contributed by atoms with Crippen LogP contribution in [0.4, 0.5) is 0 Å². The molecule has 1 aliphatic rings. The minimum atomic E-state index is 0.536. The Morgan fingerprint density at radius 3 is 2.79 bits per heavy atom. The van der Waals surface area contributed by atoms with Crippen LogP contribution in [0.5, 0.6) is 5.88 Å². The van der Waals surface area contributed by atoms with E-state index >= 15 is 0 Å². The number of rotatable bonds is 9. The molecule has 0 radical (unpaired) electrons. The molecule has 1 unspecified atom stereocenters. The van der Waals surface area contributed by atoms with Gasteiger partial charge in [-0.25, -0.2) is 4.98 Å². The van der Waals surface area contributed by atoms with Crippen LogP contribution in [-0.2, 0) is 17.9 Å². The van der Waals surface area contributed by atoms with Gasteiger partial charge in [0.1, 0.15) is 0 Å². The lowest BCUT2D eigenvalue weighted by atomic mass is 10.1. The maximum atomic E-state index is 5.93. The summed E-state index contributed by atoms with van der Waals surface area (Å²) < 4.78 is 11.5. The van der Waals surface area contributed by atoms with Crippen molar-refractivity contribution in [1.82, 2.24) is 15.2 Å². The van der Waals surface area contributed by atoms with Crippen LogP contribution < -0.4 is 10.1 Å². The van der Waals surface area contributed by atoms with Crippen LogP contribution in [0.1, 0.15) is 30.9 Å². The zero-order chi connectivity index (χ0) is 20.3. The Balaban J connectivity index is 1.40. The molecule has 1 fully saturated rings. The number of nitrogens with one attached hydrogen (secondary N) is 1. The van der Waals surface area contributed by atoms with E-state index < -0.39 is 0 Å². The van der Waals surface area contributed by atoms with E-state index in [1.165, 1.54) is 5.56 Å². The lowest BCUT2D eigenvalue weighted by molar-refractivity contribution is 0.0906. The third-order valence-corrected chi connectivity index (χ3v) is 4.96. The summed E-state index contributed by atoms with van der Waals surface area (Å²) in [6, 6.07) is 14.3. The average Bonchev–Trinajstić information content (AvgIpc) is 3.23. The lowest BCUT2D eigenvalue weighted by Crippen LogP contribution is -2.39. The maximum Gasteiger partial charge on any atom is 0.213 e. The number of benzene rings is 1. The van der Waals surface area contributed by atoms with Crippen molar-refractivity contribution in [3.8, 4) is 5.88 Å². The van der Waals surface area contributed by atoms with Crippen LogP contribution in [0.2, 0.25) is 0 Å². The number of likely N-dealkylation sites (tertiary alicyclic amines) is 1. The predicted molar refractivity (Wildman–Crippen MR) is 116 cm³/mol. The Morgan fingerprint density at radius 1 is 1.21 bits per heavy atom. The van der Waals surface area contributed by atoms with Crippen molar-refractivity contribution >= 4 is 5.96 Å². The van der Waals surface area contributed by atoms with Gasteiger partial charge < -0.3 is 19.7 Å². The first kappa shape index (κ1) is 21.1. The van der Waals surface area contributed by atoms with E-state index in [-0.39, 0.29) is 0 Å². The van der Waals surface area contributed by atoms with E-state index in [2.05, 4.69) is 39.2 Å². The van der Waals surface area contributed by atoms with Gasteiger partial charge in [-0.05, 0) is 24.0 Å². The second-order valence-electron chi connectivity index (χ2n) is 7.36. The van der Waals surface area contributed by atoms with E-state index in [1.807, 2.05) is 43.6 Å².